The maximum absolute atomic E-state index is 6.06. The van der Waals surface area contributed by atoms with Gasteiger partial charge in [0.1, 0.15) is 5.82 Å². The smallest absolute Gasteiger partial charge is 0.183 e. The molecule has 1 aromatic carbocycles. The number of H-pyrrole nitrogens is 1. The van der Waals surface area contributed by atoms with E-state index in [4.69, 9.17) is 5.73 Å². The molecule has 1 aliphatic heterocycles. The maximum atomic E-state index is 6.06. The summed E-state index contributed by atoms with van der Waals surface area (Å²) in [5.74, 6) is 0.585. The van der Waals surface area contributed by atoms with Crippen LogP contribution in [0.2, 0.25) is 0 Å². The summed E-state index contributed by atoms with van der Waals surface area (Å²) < 4.78 is 0. The number of pyridine rings is 1. The van der Waals surface area contributed by atoms with E-state index in [1.807, 2.05) is 6.92 Å². The number of likely N-dealkylation sites (tertiary alicyclic amines) is 1. The van der Waals surface area contributed by atoms with Crippen molar-refractivity contribution in [1.82, 2.24) is 20.1 Å². The zero-order chi connectivity index (χ0) is 18.3. The highest BCUT2D eigenvalue weighted by Crippen LogP contribution is 2.34. The molecule has 3 heterocycles. The lowest BCUT2D eigenvalue weighted by molar-refractivity contribution is 0.175. The monoisotopic (exact) mass is 349 g/mol. The van der Waals surface area contributed by atoms with Crippen molar-refractivity contribution in [2.24, 2.45) is 0 Å². The van der Waals surface area contributed by atoms with Crippen LogP contribution < -0.4 is 5.73 Å². The van der Waals surface area contributed by atoms with Crippen LogP contribution in [0, 0.1) is 13.8 Å². The SMILES string of the molecule is Cc1nc2n[nH]c(N)c2c(C)c1-c1ccc([C@@H](C)N2CCCCC2)cc1. The molecule has 0 radical (unpaired) electrons. The van der Waals surface area contributed by atoms with E-state index in [-0.39, 0.29) is 0 Å². The highest BCUT2D eigenvalue weighted by atomic mass is 15.2. The van der Waals surface area contributed by atoms with Gasteiger partial charge in [0.2, 0.25) is 0 Å². The third-order valence-corrected chi connectivity index (χ3v) is 5.78. The zero-order valence-corrected chi connectivity index (χ0v) is 15.8. The topological polar surface area (TPSA) is 70.8 Å². The van der Waals surface area contributed by atoms with E-state index in [2.05, 4.69) is 58.2 Å². The van der Waals surface area contributed by atoms with Gasteiger partial charge in [0.15, 0.2) is 5.65 Å². The van der Waals surface area contributed by atoms with Crippen LogP contribution in [-0.2, 0) is 0 Å². The van der Waals surface area contributed by atoms with Crippen LogP contribution in [0.3, 0.4) is 0 Å². The van der Waals surface area contributed by atoms with Gasteiger partial charge in [-0.15, -0.1) is 0 Å². The molecule has 0 saturated carbocycles. The van der Waals surface area contributed by atoms with Crippen LogP contribution >= 0.6 is 0 Å². The number of aryl methyl sites for hydroxylation is 2. The number of aromatic nitrogens is 3. The van der Waals surface area contributed by atoms with Gasteiger partial charge in [-0.1, -0.05) is 30.7 Å². The third-order valence-electron chi connectivity index (χ3n) is 5.78. The third kappa shape index (κ3) is 2.86. The van der Waals surface area contributed by atoms with Gasteiger partial charge >= 0.3 is 0 Å². The quantitative estimate of drug-likeness (QED) is 0.736. The molecular formula is C21H27N5. The molecule has 3 N–H and O–H groups in total. The summed E-state index contributed by atoms with van der Waals surface area (Å²) in [5.41, 5.74) is 12.6. The Morgan fingerprint density at radius 2 is 1.77 bits per heavy atom. The lowest BCUT2D eigenvalue weighted by atomic mass is 9.95. The number of nitrogen functional groups attached to an aromatic ring is 1. The summed E-state index contributed by atoms with van der Waals surface area (Å²) in [6, 6.07) is 9.42. The van der Waals surface area contributed by atoms with E-state index in [1.165, 1.54) is 43.5 Å². The largest absolute Gasteiger partial charge is 0.384 e. The second-order valence-electron chi connectivity index (χ2n) is 7.43. The average Bonchev–Trinajstić information content (AvgIpc) is 3.03. The van der Waals surface area contributed by atoms with Gasteiger partial charge in [0.25, 0.3) is 0 Å². The number of nitrogens with zero attached hydrogens (tertiary/aromatic N) is 3. The van der Waals surface area contributed by atoms with E-state index in [0.29, 0.717) is 17.5 Å². The van der Waals surface area contributed by atoms with E-state index < -0.39 is 0 Å². The van der Waals surface area contributed by atoms with Crippen molar-refractivity contribution in [3.05, 3.63) is 41.1 Å². The standard InChI is InChI=1S/C21H27N5/c1-13-18(14(2)23-21-19(13)20(22)24-25-21)17-9-7-16(8-10-17)15(3)26-11-5-4-6-12-26/h7-10,15H,4-6,11-12H2,1-3H3,(H3,22,23,24,25)/t15-/m1/s1. The number of piperidine rings is 1. The Balaban J connectivity index is 1.69. The predicted octanol–water partition coefficient (Wildman–Crippen LogP) is 4.37. The number of benzene rings is 1. The minimum atomic E-state index is 0.469. The van der Waals surface area contributed by atoms with E-state index in [9.17, 15) is 0 Å². The van der Waals surface area contributed by atoms with Crippen molar-refractivity contribution < 1.29 is 0 Å². The molecule has 2 aromatic heterocycles. The number of rotatable bonds is 3. The lowest BCUT2D eigenvalue weighted by Gasteiger charge is -2.32. The molecule has 0 bridgehead atoms. The summed E-state index contributed by atoms with van der Waals surface area (Å²) in [6.45, 7) is 8.87. The molecule has 136 valence electrons. The van der Waals surface area contributed by atoms with Gasteiger partial charge in [-0.25, -0.2) is 4.98 Å². The van der Waals surface area contributed by atoms with Crippen LogP contribution in [0.25, 0.3) is 22.2 Å². The van der Waals surface area contributed by atoms with Crippen LogP contribution in [0.15, 0.2) is 24.3 Å². The minimum Gasteiger partial charge on any atom is -0.384 e. The first kappa shape index (κ1) is 17.0. The fourth-order valence-corrected chi connectivity index (χ4v) is 4.28. The first-order valence-corrected chi connectivity index (χ1v) is 9.51. The molecule has 0 unspecified atom stereocenters. The maximum Gasteiger partial charge on any atom is 0.183 e. The molecule has 1 fully saturated rings. The Labute approximate surface area is 154 Å². The van der Waals surface area contributed by atoms with Gasteiger partial charge in [-0.2, -0.15) is 5.10 Å². The number of anilines is 1. The highest BCUT2D eigenvalue weighted by Gasteiger charge is 2.19. The predicted molar refractivity (Wildman–Crippen MR) is 107 cm³/mol. The molecule has 5 nitrogen and oxygen atoms in total. The first-order chi connectivity index (χ1) is 12.6. The summed E-state index contributed by atoms with van der Waals surface area (Å²) >= 11 is 0. The molecule has 1 aliphatic rings. The molecule has 0 spiro atoms. The number of hydrogen-bond donors (Lipinski definition) is 2. The number of nitrogens with two attached hydrogens (primary N) is 1. The number of hydrogen-bond acceptors (Lipinski definition) is 4. The molecule has 3 aromatic rings. The molecule has 0 aliphatic carbocycles. The Bertz CT molecular complexity index is 920. The summed E-state index contributed by atoms with van der Waals surface area (Å²) in [5, 5.41) is 7.97. The van der Waals surface area contributed by atoms with Gasteiger partial charge in [-0.05, 0) is 63.4 Å². The van der Waals surface area contributed by atoms with E-state index >= 15 is 0 Å². The summed E-state index contributed by atoms with van der Waals surface area (Å²) in [7, 11) is 0. The van der Waals surface area contributed by atoms with Crippen molar-refractivity contribution in [1.29, 1.82) is 0 Å². The van der Waals surface area contributed by atoms with E-state index in [1.54, 1.807) is 0 Å². The van der Waals surface area contributed by atoms with Crippen molar-refractivity contribution in [3.8, 4) is 11.1 Å². The Hall–Kier alpha value is -2.40. The van der Waals surface area contributed by atoms with Crippen LogP contribution in [0.5, 0.6) is 0 Å². The van der Waals surface area contributed by atoms with Crippen LogP contribution in [0.1, 0.15) is 49.0 Å². The fourth-order valence-electron chi connectivity index (χ4n) is 4.28. The van der Waals surface area contributed by atoms with Gasteiger partial charge in [0, 0.05) is 17.3 Å². The van der Waals surface area contributed by atoms with Gasteiger partial charge < -0.3 is 5.73 Å². The molecular weight excluding hydrogens is 322 g/mol. The summed E-state index contributed by atoms with van der Waals surface area (Å²) in [6.07, 6.45) is 4.00. The summed E-state index contributed by atoms with van der Waals surface area (Å²) in [4.78, 5) is 7.23. The first-order valence-electron chi connectivity index (χ1n) is 9.51. The number of nitrogens with one attached hydrogen (secondary N) is 1. The second-order valence-corrected chi connectivity index (χ2v) is 7.43. The van der Waals surface area contributed by atoms with Crippen molar-refractivity contribution >= 4 is 16.9 Å². The lowest BCUT2D eigenvalue weighted by Crippen LogP contribution is -2.32. The Morgan fingerprint density at radius 3 is 2.46 bits per heavy atom. The normalized spacial score (nSPS) is 16.9. The molecule has 1 atom stereocenters. The van der Waals surface area contributed by atoms with Crippen LogP contribution in [-0.4, -0.2) is 33.2 Å². The van der Waals surface area contributed by atoms with Gasteiger partial charge in [-0.3, -0.25) is 10.00 Å². The molecule has 26 heavy (non-hydrogen) atoms. The minimum absolute atomic E-state index is 0.469. The zero-order valence-electron chi connectivity index (χ0n) is 15.8. The Morgan fingerprint density at radius 1 is 1.08 bits per heavy atom. The number of aromatic amines is 1. The van der Waals surface area contributed by atoms with Gasteiger partial charge in [0.05, 0.1) is 5.39 Å². The molecule has 1 saturated heterocycles. The highest BCUT2D eigenvalue weighted by molar-refractivity contribution is 5.94. The molecule has 0 amide bonds. The average molecular weight is 349 g/mol. The second kappa shape index (κ2) is 6.72. The fraction of sp³-hybridized carbons (Fsp3) is 0.429. The van der Waals surface area contributed by atoms with Crippen molar-refractivity contribution in [2.45, 2.75) is 46.1 Å². The van der Waals surface area contributed by atoms with Crippen molar-refractivity contribution in [2.75, 3.05) is 18.8 Å². The van der Waals surface area contributed by atoms with Crippen molar-refractivity contribution in [3.63, 3.8) is 0 Å². The molecule has 4 rings (SSSR count). The van der Waals surface area contributed by atoms with Crippen LogP contribution in [0.4, 0.5) is 5.82 Å². The molecule has 5 heteroatoms. The Kier molecular flexibility index (Phi) is 4.41. The van der Waals surface area contributed by atoms with E-state index in [0.717, 1.165) is 22.2 Å². The number of fused-ring (bicyclic) bond motifs is 1.